The molecule has 0 atom stereocenters. The lowest BCUT2D eigenvalue weighted by Crippen LogP contribution is -2.02. The molecule has 0 bridgehead atoms. The zero-order valence-corrected chi connectivity index (χ0v) is 16.5. The van der Waals surface area contributed by atoms with Gasteiger partial charge >= 0.3 is 0 Å². The fraction of sp³-hybridized carbons (Fsp3) is 0.217. The molecule has 0 saturated heterocycles. The Hall–Kier alpha value is -2.92. The summed E-state index contributed by atoms with van der Waals surface area (Å²) in [5.41, 5.74) is 6.95. The minimum Gasteiger partial charge on any atom is -0.506 e. The molecule has 2 N–H and O–H groups in total. The predicted octanol–water partition coefficient (Wildman–Crippen LogP) is 5.99. The Labute approximate surface area is 167 Å². The molecule has 5 rings (SSSR count). The third-order valence-electron chi connectivity index (χ3n) is 5.44. The van der Waals surface area contributed by atoms with Gasteiger partial charge in [0.05, 0.1) is 11.1 Å². The van der Waals surface area contributed by atoms with E-state index in [1.807, 2.05) is 19.1 Å². The second kappa shape index (κ2) is 6.91. The Morgan fingerprint density at radius 2 is 1.86 bits per heavy atom. The van der Waals surface area contributed by atoms with Gasteiger partial charge in [-0.25, -0.2) is 9.97 Å². The number of hydrogen-bond acceptors (Lipinski definition) is 5. The van der Waals surface area contributed by atoms with Crippen LogP contribution in [0.5, 0.6) is 5.75 Å². The van der Waals surface area contributed by atoms with Crippen LogP contribution in [0.15, 0.2) is 48.1 Å². The van der Waals surface area contributed by atoms with Crippen LogP contribution in [0.1, 0.15) is 29.5 Å². The number of aromatic nitrogens is 2. The Balaban J connectivity index is 1.61. The Morgan fingerprint density at radius 3 is 2.71 bits per heavy atom. The van der Waals surface area contributed by atoms with E-state index in [9.17, 15) is 5.11 Å². The summed E-state index contributed by atoms with van der Waals surface area (Å²) in [6.45, 7) is 1.96. The maximum absolute atomic E-state index is 10.3. The lowest BCUT2D eigenvalue weighted by Gasteiger charge is -2.16. The van der Waals surface area contributed by atoms with Crippen LogP contribution in [0.4, 0.5) is 11.5 Å². The number of aryl methyl sites for hydroxylation is 3. The number of thiophene rings is 1. The van der Waals surface area contributed by atoms with Crippen LogP contribution in [0.3, 0.4) is 0 Å². The zero-order chi connectivity index (χ0) is 19.1. The maximum Gasteiger partial charge on any atom is 0.143 e. The van der Waals surface area contributed by atoms with E-state index in [-0.39, 0.29) is 5.75 Å². The zero-order valence-electron chi connectivity index (χ0n) is 15.7. The molecule has 0 unspecified atom stereocenters. The summed E-state index contributed by atoms with van der Waals surface area (Å²) in [4.78, 5) is 9.88. The molecule has 2 heterocycles. The van der Waals surface area contributed by atoms with Crippen LogP contribution < -0.4 is 5.32 Å². The number of phenols is 1. The minimum atomic E-state index is 0.220. The van der Waals surface area contributed by atoms with Gasteiger partial charge in [-0.2, -0.15) is 0 Å². The van der Waals surface area contributed by atoms with E-state index < -0.39 is 0 Å². The number of fused-ring (bicyclic) bond motifs is 2. The van der Waals surface area contributed by atoms with Crippen LogP contribution in [-0.4, -0.2) is 15.1 Å². The second-order valence-electron chi connectivity index (χ2n) is 7.39. The highest BCUT2D eigenvalue weighted by Crippen LogP contribution is 2.39. The number of hydrogen-bond donors (Lipinski definition) is 2. The molecule has 2 aromatic heterocycles. The van der Waals surface area contributed by atoms with Gasteiger partial charge in [0.25, 0.3) is 0 Å². The molecule has 4 nitrogen and oxygen atoms in total. The summed E-state index contributed by atoms with van der Waals surface area (Å²) in [7, 11) is 0. The van der Waals surface area contributed by atoms with Crippen molar-refractivity contribution in [2.45, 2.75) is 32.6 Å². The van der Waals surface area contributed by atoms with Crippen LogP contribution in [0.2, 0.25) is 0 Å². The molecule has 5 heteroatoms. The minimum absolute atomic E-state index is 0.220. The lowest BCUT2D eigenvalue weighted by atomic mass is 9.89. The summed E-state index contributed by atoms with van der Waals surface area (Å²) in [5.74, 6) is 0.940. The van der Waals surface area contributed by atoms with E-state index in [0.29, 0.717) is 5.69 Å². The Kier molecular flexibility index (Phi) is 4.24. The molecular weight excluding hydrogens is 366 g/mol. The third-order valence-corrected chi connectivity index (χ3v) is 6.32. The number of rotatable bonds is 3. The fourth-order valence-electron chi connectivity index (χ4n) is 3.96. The van der Waals surface area contributed by atoms with Gasteiger partial charge < -0.3 is 10.4 Å². The fourth-order valence-corrected chi connectivity index (χ4v) is 4.87. The van der Waals surface area contributed by atoms with Gasteiger partial charge in [-0.1, -0.05) is 24.3 Å². The molecule has 0 radical (unpaired) electrons. The van der Waals surface area contributed by atoms with Crippen molar-refractivity contribution in [3.8, 4) is 16.9 Å². The monoisotopic (exact) mass is 387 g/mol. The smallest absolute Gasteiger partial charge is 0.143 e. The highest BCUT2D eigenvalue weighted by molar-refractivity contribution is 7.17. The molecule has 0 amide bonds. The summed E-state index contributed by atoms with van der Waals surface area (Å²) >= 11 is 1.62. The van der Waals surface area contributed by atoms with E-state index in [1.165, 1.54) is 36.0 Å². The van der Waals surface area contributed by atoms with Crippen molar-refractivity contribution in [3.63, 3.8) is 0 Å². The van der Waals surface area contributed by atoms with Gasteiger partial charge in [0.15, 0.2) is 0 Å². The van der Waals surface area contributed by atoms with Gasteiger partial charge in [-0.3, -0.25) is 0 Å². The SMILES string of the molecule is Cc1ccc(Nc2ncnc3scc(-c4ccc5c(c4)CCCC5)c23)c(O)c1. The molecule has 0 saturated carbocycles. The normalized spacial score (nSPS) is 13.5. The van der Waals surface area contributed by atoms with Gasteiger partial charge in [0, 0.05) is 10.9 Å². The molecule has 140 valence electrons. The summed E-state index contributed by atoms with van der Waals surface area (Å²) in [6.07, 6.45) is 6.47. The number of aromatic hydroxyl groups is 1. The Bertz CT molecular complexity index is 1180. The van der Waals surface area contributed by atoms with Crippen molar-refractivity contribution in [1.82, 2.24) is 9.97 Å². The van der Waals surface area contributed by atoms with E-state index in [1.54, 1.807) is 23.7 Å². The van der Waals surface area contributed by atoms with E-state index in [2.05, 4.69) is 38.9 Å². The Morgan fingerprint density at radius 1 is 1.00 bits per heavy atom. The summed E-state index contributed by atoms with van der Waals surface area (Å²) in [6, 6.07) is 12.4. The summed E-state index contributed by atoms with van der Waals surface area (Å²) < 4.78 is 0. The molecule has 1 aliphatic rings. The maximum atomic E-state index is 10.3. The lowest BCUT2D eigenvalue weighted by molar-refractivity contribution is 0.477. The van der Waals surface area contributed by atoms with Crippen molar-refractivity contribution in [1.29, 1.82) is 0 Å². The number of phenolic OH excluding ortho intramolecular Hbond substituents is 1. The molecule has 2 aromatic carbocycles. The van der Waals surface area contributed by atoms with Gasteiger partial charge in [0.1, 0.15) is 22.7 Å². The quantitative estimate of drug-likeness (QED) is 0.424. The third kappa shape index (κ3) is 3.02. The number of nitrogens with zero attached hydrogens (tertiary/aromatic N) is 2. The van der Waals surface area contributed by atoms with Crippen LogP contribution in [-0.2, 0) is 12.8 Å². The highest BCUT2D eigenvalue weighted by Gasteiger charge is 2.16. The van der Waals surface area contributed by atoms with Crippen molar-refractivity contribution in [3.05, 3.63) is 64.8 Å². The summed E-state index contributed by atoms with van der Waals surface area (Å²) in [5, 5.41) is 16.8. The number of nitrogens with one attached hydrogen (secondary N) is 1. The topological polar surface area (TPSA) is 58.0 Å². The average molecular weight is 388 g/mol. The molecule has 0 spiro atoms. The van der Waals surface area contributed by atoms with Crippen LogP contribution in [0, 0.1) is 6.92 Å². The molecular formula is C23H21N3OS. The first-order valence-corrected chi connectivity index (χ1v) is 10.5. The van der Waals surface area contributed by atoms with Crippen molar-refractivity contribution in [2.75, 3.05) is 5.32 Å². The first kappa shape index (κ1) is 17.2. The first-order chi connectivity index (χ1) is 13.7. The largest absolute Gasteiger partial charge is 0.506 e. The second-order valence-corrected chi connectivity index (χ2v) is 8.25. The number of benzene rings is 2. The standard InChI is InChI=1S/C23H21N3OS/c1-14-6-9-19(20(27)10-14)26-22-21-18(12-28-23(21)25-13-24-22)17-8-7-15-4-2-3-5-16(15)11-17/h6-13,27H,2-5H2,1H3,(H,24,25,26). The first-order valence-electron chi connectivity index (χ1n) is 9.60. The molecule has 0 fully saturated rings. The van der Waals surface area contributed by atoms with Crippen LogP contribution >= 0.6 is 11.3 Å². The van der Waals surface area contributed by atoms with Gasteiger partial charge in [-0.15, -0.1) is 11.3 Å². The van der Waals surface area contributed by atoms with Gasteiger partial charge in [-0.05, 0) is 67.0 Å². The average Bonchev–Trinajstić information content (AvgIpc) is 3.15. The van der Waals surface area contributed by atoms with Crippen molar-refractivity contribution < 1.29 is 5.11 Å². The van der Waals surface area contributed by atoms with E-state index >= 15 is 0 Å². The van der Waals surface area contributed by atoms with Crippen LogP contribution in [0.25, 0.3) is 21.3 Å². The van der Waals surface area contributed by atoms with Gasteiger partial charge in [0.2, 0.25) is 0 Å². The highest BCUT2D eigenvalue weighted by atomic mass is 32.1. The molecule has 1 aliphatic carbocycles. The molecule has 0 aliphatic heterocycles. The number of anilines is 2. The molecule has 28 heavy (non-hydrogen) atoms. The van der Waals surface area contributed by atoms with Crippen molar-refractivity contribution >= 4 is 33.1 Å². The van der Waals surface area contributed by atoms with E-state index in [4.69, 9.17) is 0 Å². The van der Waals surface area contributed by atoms with Crippen molar-refractivity contribution in [2.24, 2.45) is 0 Å². The van der Waals surface area contributed by atoms with E-state index in [0.717, 1.165) is 33.6 Å². The molecule has 4 aromatic rings. The predicted molar refractivity (Wildman–Crippen MR) is 116 cm³/mol.